The van der Waals surface area contributed by atoms with Crippen molar-refractivity contribution in [1.29, 1.82) is 0 Å². The van der Waals surface area contributed by atoms with Crippen LogP contribution in [0.3, 0.4) is 0 Å². The van der Waals surface area contributed by atoms with Crippen molar-refractivity contribution in [2.24, 2.45) is 5.92 Å². The van der Waals surface area contributed by atoms with Crippen LogP contribution in [-0.2, 0) is 6.54 Å². The van der Waals surface area contributed by atoms with Crippen LogP contribution in [0.5, 0.6) is 0 Å². The molecule has 0 atom stereocenters. The molecule has 1 N–H and O–H groups in total. The van der Waals surface area contributed by atoms with E-state index in [0.29, 0.717) is 0 Å². The molecule has 0 spiro atoms. The molecule has 1 aromatic heterocycles. The number of nitrogens with zero attached hydrogens (tertiary/aromatic N) is 2. The van der Waals surface area contributed by atoms with E-state index in [2.05, 4.69) is 44.7 Å². The van der Waals surface area contributed by atoms with Crippen molar-refractivity contribution in [2.75, 3.05) is 6.54 Å². The van der Waals surface area contributed by atoms with Gasteiger partial charge in [-0.2, -0.15) is 5.10 Å². The second-order valence-corrected chi connectivity index (χ2v) is 6.82. The minimum Gasteiger partial charge on any atom is -0.312 e. The van der Waals surface area contributed by atoms with Gasteiger partial charge in [-0.3, -0.25) is 0 Å². The first kappa shape index (κ1) is 14.8. The van der Waals surface area contributed by atoms with E-state index >= 15 is 0 Å². The van der Waals surface area contributed by atoms with Gasteiger partial charge in [0.05, 0.1) is 11.9 Å². The monoisotopic (exact) mass is 347 g/mol. The number of benzene rings is 1. The molecule has 112 valence electrons. The molecule has 0 aliphatic heterocycles. The van der Waals surface area contributed by atoms with Crippen molar-refractivity contribution in [2.45, 2.75) is 38.6 Å². The van der Waals surface area contributed by atoms with Crippen molar-refractivity contribution in [3.8, 4) is 5.69 Å². The van der Waals surface area contributed by atoms with E-state index in [1.54, 1.807) is 0 Å². The summed E-state index contributed by atoms with van der Waals surface area (Å²) in [5, 5.41) is 8.03. The van der Waals surface area contributed by atoms with Gasteiger partial charge in [-0.25, -0.2) is 4.68 Å². The van der Waals surface area contributed by atoms with E-state index in [0.717, 1.165) is 29.2 Å². The molecule has 3 nitrogen and oxygen atoms in total. The van der Waals surface area contributed by atoms with Crippen LogP contribution < -0.4 is 5.32 Å². The highest BCUT2D eigenvalue weighted by Gasteiger charge is 2.12. The third-order valence-corrected chi connectivity index (χ3v) is 4.74. The van der Waals surface area contributed by atoms with Crippen LogP contribution in [0, 0.1) is 5.92 Å². The van der Waals surface area contributed by atoms with Gasteiger partial charge in [0, 0.05) is 22.8 Å². The molecule has 1 aliphatic carbocycles. The lowest BCUT2D eigenvalue weighted by molar-refractivity contribution is 0.342. The van der Waals surface area contributed by atoms with Crippen molar-refractivity contribution in [3.05, 3.63) is 46.7 Å². The highest BCUT2D eigenvalue weighted by molar-refractivity contribution is 9.10. The smallest absolute Gasteiger partial charge is 0.0646 e. The largest absolute Gasteiger partial charge is 0.312 e. The van der Waals surface area contributed by atoms with Gasteiger partial charge >= 0.3 is 0 Å². The first-order valence-corrected chi connectivity index (χ1v) is 8.61. The Bertz CT molecular complexity index is 556. The molecule has 1 aromatic carbocycles. The molecule has 2 aromatic rings. The summed E-state index contributed by atoms with van der Waals surface area (Å²) in [4.78, 5) is 0. The zero-order valence-electron chi connectivity index (χ0n) is 12.3. The summed E-state index contributed by atoms with van der Waals surface area (Å²) in [5.41, 5.74) is 2.34. The summed E-state index contributed by atoms with van der Waals surface area (Å²) >= 11 is 3.46. The SMILES string of the molecule is Brc1ccc(-n2cc(CNCC3CCCCC3)cn2)cc1. The molecule has 21 heavy (non-hydrogen) atoms. The van der Waals surface area contributed by atoms with Crippen LogP contribution in [0.1, 0.15) is 37.7 Å². The average molecular weight is 348 g/mol. The third-order valence-electron chi connectivity index (χ3n) is 4.21. The minimum atomic E-state index is 0.875. The molecule has 0 amide bonds. The van der Waals surface area contributed by atoms with Gasteiger partial charge in [-0.1, -0.05) is 35.2 Å². The molecule has 0 radical (unpaired) electrons. The van der Waals surface area contributed by atoms with Gasteiger partial charge in [0.15, 0.2) is 0 Å². The van der Waals surface area contributed by atoms with Crippen LogP contribution in [0.25, 0.3) is 5.69 Å². The Hall–Kier alpha value is -1.13. The third kappa shape index (κ3) is 4.17. The summed E-state index contributed by atoms with van der Waals surface area (Å²) in [6, 6.07) is 8.21. The topological polar surface area (TPSA) is 29.9 Å². The lowest BCUT2D eigenvalue weighted by Gasteiger charge is -2.21. The summed E-state index contributed by atoms with van der Waals surface area (Å²) in [5.74, 6) is 0.875. The number of hydrogen-bond donors (Lipinski definition) is 1. The van der Waals surface area contributed by atoms with Gasteiger partial charge < -0.3 is 5.32 Å². The van der Waals surface area contributed by atoms with Gasteiger partial charge in [0.25, 0.3) is 0 Å². The molecule has 3 rings (SSSR count). The van der Waals surface area contributed by atoms with E-state index in [-0.39, 0.29) is 0 Å². The molecular weight excluding hydrogens is 326 g/mol. The fourth-order valence-electron chi connectivity index (χ4n) is 3.00. The van der Waals surface area contributed by atoms with Crippen LogP contribution in [0.2, 0.25) is 0 Å². The second-order valence-electron chi connectivity index (χ2n) is 5.90. The van der Waals surface area contributed by atoms with Gasteiger partial charge in [0.2, 0.25) is 0 Å². The standard InChI is InChI=1S/C17H22BrN3/c18-16-6-8-17(9-7-16)21-13-15(12-20-21)11-19-10-14-4-2-1-3-5-14/h6-9,12-14,19H,1-5,10-11H2. The number of hydrogen-bond acceptors (Lipinski definition) is 2. The molecule has 1 heterocycles. The summed E-state index contributed by atoms with van der Waals surface area (Å²) in [6.45, 7) is 2.05. The Morgan fingerprint density at radius 2 is 1.90 bits per heavy atom. The van der Waals surface area contributed by atoms with Crippen LogP contribution in [0.4, 0.5) is 0 Å². The lowest BCUT2D eigenvalue weighted by atomic mass is 9.89. The maximum atomic E-state index is 4.44. The van der Waals surface area contributed by atoms with Crippen molar-refractivity contribution in [3.63, 3.8) is 0 Å². The first-order chi connectivity index (χ1) is 10.3. The van der Waals surface area contributed by atoms with E-state index in [9.17, 15) is 0 Å². The van der Waals surface area contributed by atoms with Crippen molar-refractivity contribution in [1.82, 2.24) is 15.1 Å². The minimum absolute atomic E-state index is 0.875. The molecule has 0 bridgehead atoms. The molecule has 1 aliphatic rings. The van der Waals surface area contributed by atoms with Crippen LogP contribution >= 0.6 is 15.9 Å². The number of rotatable bonds is 5. The number of halogens is 1. The van der Waals surface area contributed by atoms with Gasteiger partial charge in [-0.05, 0) is 49.6 Å². The van der Waals surface area contributed by atoms with Gasteiger partial charge in [-0.15, -0.1) is 0 Å². The highest BCUT2D eigenvalue weighted by atomic mass is 79.9. The zero-order chi connectivity index (χ0) is 14.5. The van der Waals surface area contributed by atoms with Crippen LogP contribution in [0.15, 0.2) is 41.1 Å². The lowest BCUT2D eigenvalue weighted by Crippen LogP contribution is -2.23. The van der Waals surface area contributed by atoms with E-state index in [1.165, 1.54) is 37.7 Å². The molecular formula is C17H22BrN3. The number of aromatic nitrogens is 2. The molecule has 0 saturated heterocycles. The maximum absolute atomic E-state index is 4.44. The Morgan fingerprint density at radius 3 is 2.67 bits per heavy atom. The summed E-state index contributed by atoms with van der Waals surface area (Å²) in [6.07, 6.45) is 11.1. The Balaban J connectivity index is 1.51. The van der Waals surface area contributed by atoms with Crippen molar-refractivity contribution < 1.29 is 0 Å². The quantitative estimate of drug-likeness (QED) is 0.873. The summed E-state index contributed by atoms with van der Waals surface area (Å²) < 4.78 is 3.03. The molecule has 0 unspecified atom stereocenters. The fourth-order valence-corrected chi connectivity index (χ4v) is 3.26. The van der Waals surface area contributed by atoms with Crippen molar-refractivity contribution >= 4 is 15.9 Å². The van der Waals surface area contributed by atoms with E-state index < -0.39 is 0 Å². The highest BCUT2D eigenvalue weighted by Crippen LogP contribution is 2.22. The average Bonchev–Trinajstić information content (AvgIpc) is 2.98. The normalized spacial score (nSPS) is 16.2. The Morgan fingerprint density at radius 1 is 1.14 bits per heavy atom. The van der Waals surface area contributed by atoms with Crippen LogP contribution in [-0.4, -0.2) is 16.3 Å². The van der Waals surface area contributed by atoms with E-state index in [4.69, 9.17) is 0 Å². The first-order valence-electron chi connectivity index (χ1n) is 7.81. The Kier molecular flexibility index (Phi) is 5.09. The predicted octanol–water partition coefficient (Wildman–Crippen LogP) is 4.30. The summed E-state index contributed by atoms with van der Waals surface area (Å²) in [7, 11) is 0. The zero-order valence-corrected chi connectivity index (χ0v) is 13.8. The molecule has 4 heteroatoms. The molecule has 1 fully saturated rings. The second kappa shape index (κ2) is 7.23. The molecule has 1 saturated carbocycles. The maximum Gasteiger partial charge on any atom is 0.0646 e. The predicted molar refractivity (Wildman–Crippen MR) is 89.5 cm³/mol. The Labute approximate surface area is 134 Å². The fraction of sp³-hybridized carbons (Fsp3) is 0.471. The number of nitrogens with one attached hydrogen (secondary N) is 1. The van der Waals surface area contributed by atoms with Gasteiger partial charge in [0.1, 0.15) is 0 Å². The van der Waals surface area contributed by atoms with E-state index in [1.807, 2.05) is 23.0 Å².